The number of rotatable bonds is 11. The van der Waals surface area contributed by atoms with Crippen LogP contribution in [0, 0.1) is 0 Å². The summed E-state index contributed by atoms with van der Waals surface area (Å²) in [6, 6.07) is 9.78. The van der Waals surface area contributed by atoms with E-state index in [-0.39, 0.29) is 32.7 Å². The van der Waals surface area contributed by atoms with Gasteiger partial charge in [-0.05, 0) is 71.5 Å². The number of carbonyl (C=O) groups excluding carboxylic acids is 1. The Morgan fingerprint density at radius 3 is 1.66 bits per heavy atom. The Morgan fingerprint density at radius 2 is 1.28 bits per heavy atom. The maximum Gasteiger partial charge on any atom is 0.290 e. The molecule has 0 amide bonds. The van der Waals surface area contributed by atoms with Crippen LogP contribution < -0.4 is 31.2 Å². The minimum absolute atomic E-state index is 0.192. The standard InChI is InChI=1S/C17H22ClN5O2.C14H15ClN4O3/c1-17(2,11-23-7-4-8-23)25-12-5-6-15(19-10-12)20-13-9-14(18)21-22(3)16(13)24;1-14(2,8-20)22-9-4-5-12(16-7-9)17-10-6-11(15)18-19(3)13(10)21/h5-6,9-10H,4,7-8,11H2,1-3H3,(H,19,20);4-8H,1-3H3,(H,16,17). The lowest BCUT2D eigenvalue weighted by Gasteiger charge is -2.38. The molecule has 0 radical (unpaired) electrons. The van der Waals surface area contributed by atoms with Gasteiger partial charge in [0.1, 0.15) is 40.1 Å². The molecule has 5 heterocycles. The number of ether oxygens (including phenoxy) is 2. The van der Waals surface area contributed by atoms with Gasteiger partial charge in [0.25, 0.3) is 11.1 Å². The van der Waals surface area contributed by atoms with E-state index in [4.69, 9.17) is 32.7 Å². The molecule has 0 aromatic carbocycles. The van der Waals surface area contributed by atoms with E-state index in [0.717, 1.165) is 24.3 Å². The molecule has 47 heavy (non-hydrogen) atoms. The molecule has 1 fully saturated rings. The molecule has 0 saturated carbocycles. The lowest BCUT2D eigenvalue weighted by Crippen LogP contribution is -2.48. The van der Waals surface area contributed by atoms with Crippen LogP contribution >= 0.6 is 23.2 Å². The number of anilines is 4. The first-order chi connectivity index (χ1) is 22.1. The molecular weight excluding hydrogens is 649 g/mol. The van der Waals surface area contributed by atoms with Gasteiger partial charge in [0, 0.05) is 32.8 Å². The van der Waals surface area contributed by atoms with Crippen LogP contribution in [0.3, 0.4) is 0 Å². The number of nitrogens with zero attached hydrogens (tertiary/aromatic N) is 7. The molecule has 250 valence electrons. The number of aryl methyl sites for hydroxylation is 2. The van der Waals surface area contributed by atoms with Crippen LogP contribution in [0.2, 0.25) is 10.3 Å². The second-order valence-electron chi connectivity index (χ2n) is 11.9. The van der Waals surface area contributed by atoms with Crippen molar-refractivity contribution in [2.24, 2.45) is 14.1 Å². The van der Waals surface area contributed by atoms with E-state index in [2.05, 4.69) is 49.5 Å². The summed E-state index contributed by atoms with van der Waals surface area (Å²) in [5, 5.41) is 13.9. The number of halogens is 2. The van der Waals surface area contributed by atoms with Crippen molar-refractivity contribution in [3.05, 3.63) is 79.8 Å². The summed E-state index contributed by atoms with van der Waals surface area (Å²) < 4.78 is 13.8. The highest BCUT2D eigenvalue weighted by Gasteiger charge is 2.27. The predicted octanol–water partition coefficient (Wildman–Crippen LogP) is 4.36. The van der Waals surface area contributed by atoms with Gasteiger partial charge >= 0.3 is 0 Å². The maximum atomic E-state index is 12.0. The van der Waals surface area contributed by atoms with E-state index in [1.165, 1.54) is 36.5 Å². The van der Waals surface area contributed by atoms with Crippen molar-refractivity contribution in [1.82, 2.24) is 34.4 Å². The summed E-state index contributed by atoms with van der Waals surface area (Å²) >= 11 is 11.7. The Kier molecular flexibility index (Phi) is 11.2. The number of nitrogens with one attached hydrogen (secondary N) is 2. The monoisotopic (exact) mass is 685 g/mol. The number of likely N-dealkylation sites (tertiary alicyclic amines) is 1. The van der Waals surface area contributed by atoms with Gasteiger partial charge in [-0.3, -0.25) is 19.3 Å². The van der Waals surface area contributed by atoms with E-state index < -0.39 is 5.60 Å². The molecular formula is C31H37Cl2N9O5. The largest absolute Gasteiger partial charge is 0.485 e. The Hall–Kier alpha value is -4.53. The first-order valence-corrected chi connectivity index (χ1v) is 15.4. The zero-order valence-electron chi connectivity index (χ0n) is 27.0. The average molecular weight is 687 g/mol. The molecule has 2 N–H and O–H groups in total. The molecule has 0 spiro atoms. The van der Waals surface area contributed by atoms with Crippen LogP contribution in [0.5, 0.6) is 11.5 Å². The molecule has 0 aliphatic carbocycles. The highest BCUT2D eigenvalue weighted by atomic mass is 35.5. The molecule has 4 aromatic rings. The van der Waals surface area contributed by atoms with Crippen LogP contribution in [0.25, 0.3) is 0 Å². The Balaban J connectivity index is 0.000000215. The first-order valence-electron chi connectivity index (χ1n) is 14.6. The van der Waals surface area contributed by atoms with Gasteiger partial charge in [0.2, 0.25) is 0 Å². The highest BCUT2D eigenvalue weighted by molar-refractivity contribution is 6.29. The van der Waals surface area contributed by atoms with Crippen LogP contribution in [0.15, 0.2) is 58.4 Å². The fraction of sp³-hybridized carbons (Fsp3) is 0.387. The van der Waals surface area contributed by atoms with Gasteiger partial charge in [-0.15, -0.1) is 0 Å². The first kappa shape index (κ1) is 35.3. The predicted molar refractivity (Wildman–Crippen MR) is 181 cm³/mol. The van der Waals surface area contributed by atoms with Crippen molar-refractivity contribution in [2.45, 2.75) is 45.3 Å². The number of aldehydes is 1. The molecule has 4 aromatic heterocycles. The van der Waals surface area contributed by atoms with E-state index in [1.54, 1.807) is 45.3 Å². The summed E-state index contributed by atoms with van der Waals surface area (Å²) in [6.45, 7) is 10.6. The summed E-state index contributed by atoms with van der Waals surface area (Å²) in [5.74, 6) is 2.11. The van der Waals surface area contributed by atoms with E-state index >= 15 is 0 Å². The third-order valence-electron chi connectivity index (χ3n) is 6.68. The van der Waals surface area contributed by atoms with E-state index in [9.17, 15) is 14.4 Å². The second-order valence-corrected chi connectivity index (χ2v) is 12.7. The van der Waals surface area contributed by atoms with E-state index in [1.807, 2.05) is 6.07 Å². The quantitative estimate of drug-likeness (QED) is 0.215. The lowest BCUT2D eigenvalue weighted by atomic mass is 10.1. The topological polar surface area (TPSA) is 158 Å². The highest BCUT2D eigenvalue weighted by Crippen LogP contribution is 2.23. The summed E-state index contributed by atoms with van der Waals surface area (Å²) in [7, 11) is 3.05. The van der Waals surface area contributed by atoms with Crippen molar-refractivity contribution in [1.29, 1.82) is 0 Å². The third-order valence-corrected chi connectivity index (χ3v) is 7.05. The van der Waals surface area contributed by atoms with Gasteiger partial charge in [0.15, 0.2) is 22.2 Å². The summed E-state index contributed by atoms with van der Waals surface area (Å²) in [6.07, 6.45) is 5.08. The maximum absolute atomic E-state index is 12.0. The second kappa shape index (κ2) is 14.9. The molecule has 5 rings (SSSR count). The minimum atomic E-state index is -0.925. The normalized spacial score (nSPS) is 13.1. The molecule has 0 unspecified atom stereocenters. The van der Waals surface area contributed by atoms with Crippen molar-refractivity contribution in [3.8, 4) is 11.5 Å². The van der Waals surface area contributed by atoms with Gasteiger partial charge in [-0.25, -0.2) is 19.3 Å². The van der Waals surface area contributed by atoms with Gasteiger partial charge in [0.05, 0.1) is 12.4 Å². The average Bonchev–Trinajstić information content (AvgIpc) is 2.98. The Morgan fingerprint density at radius 1 is 0.809 bits per heavy atom. The van der Waals surface area contributed by atoms with Gasteiger partial charge in [-0.1, -0.05) is 23.2 Å². The number of pyridine rings is 2. The summed E-state index contributed by atoms with van der Waals surface area (Å²) in [5.41, 5.74) is -1.23. The Labute approximate surface area is 281 Å². The van der Waals surface area contributed by atoms with Crippen molar-refractivity contribution in [3.63, 3.8) is 0 Å². The number of hydrogen-bond donors (Lipinski definition) is 2. The molecule has 0 bridgehead atoms. The smallest absolute Gasteiger partial charge is 0.290 e. The number of carbonyl (C=O) groups is 1. The van der Waals surface area contributed by atoms with Crippen molar-refractivity contribution in [2.75, 3.05) is 30.3 Å². The third kappa shape index (κ3) is 10.2. The van der Waals surface area contributed by atoms with Crippen molar-refractivity contribution < 1.29 is 14.3 Å². The minimum Gasteiger partial charge on any atom is -0.485 e. The van der Waals surface area contributed by atoms with Crippen LogP contribution in [0.4, 0.5) is 23.0 Å². The molecule has 0 atom stereocenters. The molecule has 16 heteroatoms. The molecule has 1 aliphatic heterocycles. The molecule has 1 saturated heterocycles. The van der Waals surface area contributed by atoms with Gasteiger partial charge in [-0.2, -0.15) is 10.2 Å². The van der Waals surface area contributed by atoms with Crippen LogP contribution in [0.1, 0.15) is 34.1 Å². The number of hydrogen-bond acceptors (Lipinski definition) is 12. The Bertz CT molecular complexity index is 1810. The zero-order valence-corrected chi connectivity index (χ0v) is 28.5. The van der Waals surface area contributed by atoms with Crippen LogP contribution in [-0.2, 0) is 18.9 Å². The fourth-order valence-electron chi connectivity index (χ4n) is 4.39. The lowest BCUT2D eigenvalue weighted by molar-refractivity contribution is -0.119. The van der Waals surface area contributed by atoms with Gasteiger partial charge < -0.3 is 20.1 Å². The number of aromatic nitrogens is 6. The zero-order chi connectivity index (χ0) is 34.4. The van der Waals surface area contributed by atoms with Crippen LogP contribution in [-0.4, -0.2) is 71.6 Å². The molecule has 1 aliphatic rings. The van der Waals surface area contributed by atoms with Crippen molar-refractivity contribution >= 4 is 52.5 Å². The SMILES string of the molecule is Cn1nc(Cl)cc(Nc2ccc(OC(C)(C)C=O)cn2)c1=O.Cn1nc(Cl)cc(Nc2ccc(OC(C)(C)CN3CCC3)cn2)c1=O. The fourth-order valence-corrected chi connectivity index (χ4v) is 4.83. The summed E-state index contributed by atoms with van der Waals surface area (Å²) in [4.78, 5) is 45.6. The molecule has 14 nitrogen and oxygen atoms in total. The van der Waals surface area contributed by atoms with E-state index in [0.29, 0.717) is 35.1 Å².